The summed E-state index contributed by atoms with van der Waals surface area (Å²) in [7, 11) is 0. The molecular formula is C15H29N5. The Morgan fingerprint density at radius 3 is 2.65 bits per heavy atom. The van der Waals surface area contributed by atoms with Gasteiger partial charge in [-0.25, -0.2) is 0 Å². The Labute approximate surface area is 122 Å². The zero-order chi connectivity index (χ0) is 14.8. The Bertz CT molecular complexity index is 430. The molecule has 1 fully saturated rings. The fourth-order valence-electron chi connectivity index (χ4n) is 2.54. The van der Waals surface area contributed by atoms with Crippen molar-refractivity contribution >= 4 is 0 Å². The smallest absolute Gasteiger partial charge is 0.0965 e. The molecule has 0 aliphatic carbocycles. The van der Waals surface area contributed by atoms with Gasteiger partial charge < -0.3 is 10.2 Å². The molecule has 114 valence electrons. The van der Waals surface area contributed by atoms with Gasteiger partial charge in [-0.3, -0.25) is 4.68 Å². The quantitative estimate of drug-likeness (QED) is 0.894. The zero-order valence-corrected chi connectivity index (χ0v) is 13.6. The molecule has 1 N–H and O–H groups in total. The normalized spacial score (nSPS) is 19.6. The Kier molecular flexibility index (Phi) is 4.49. The van der Waals surface area contributed by atoms with Crippen molar-refractivity contribution in [3.63, 3.8) is 0 Å². The van der Waals surface area contributed by atoms with Crippen LogP contribution in [0.15, 0.2) is 6.20 Å². The van der Waals surface area contributed by atoms with Crippen LogP contribution in [0.25, 0.3) is 0 Å². The van der Waals surface area contributed by atoms with Crippen molar-refractivity contribution in [2.75, 3.05) is 19.6 Å². The minimum Gasteiger partial charge on any atom is -0.306 e. The molecule has 0 amide bonds. The summed E-state index contributed by atoms with van der Waals surface area (Å²) < 4.78 is 1.96. The summed E-state index contributed by atoms with van der Waals surface area (Å²) in [5.41, 5.74) is 1.61. The van der Waals surface area contributed by atoms with Crippen molar-refractivity contribution in [3.05, 3.63) is 11.9 Å². The molecule has 2 heterocycles. The minimum absolute atomic E-state index is 0.116. The van der Waals surface area contributed by atoms with Gasteiger partial charge in [0.25, 0.3) is 0 Å². The van der Waals surface area contributed by atoms with Crippen LogP contribution < -0.4 is 5.32 Å². The second kappa shape index (κ2) is 5.82. The molecule has 1 aliphatic heterocycles. The van der Waals surface area contributed by atoms with Crippen LogP contribution in [-0.4, -0.2) is 45.1 Å². The predicted molar refractivity (Wildman–Crippen MR) is 81.5 cm³/mol. The van der Waals surface area contributed by atoms with Crippen LogP contribution in [-0.2, 0) is 13.1 Å². The number of hydrogen-bond donors (Lipinski definition) is 1. The van der Waals surface area contributed by atoms with Gasteiger partial charge in [0, 0.05) is 31.4 Å². The summed E-state index contributed by atoms with van der Waals surface area (Å²) in [6.07, 6.45) is 3.35. The maximum atomic E-state index is 4.23. The number of hydrogen-bond acceptors (Lipinski definition) is 4. The van der Waals surface area contributed by atoms with E-state index in [9.17, 15) is 0 Å². The third-order valence-corrected chi connectivity index (χ3v) is 3.79. The topological polar surface area (TPSA) is 46.0 Å². The number of rotatable bonds is 5. The highest BCUT2D eigenvalue weighted by Crippen LogP contribution is 2.28. The van der Waals surface area contributed by atoms with Crippen LogP contribution >= 0.6 is 0 Å². The van der Waals surface area contributed by atoms with E-state index < -0.39 is 0 Å². The van der Waals surface area contributed by atoms with Crippen molar-refractivity contribution in [3.8, 4) is 0 Å². The number of nitrogens with zero attached hydrogens (tertiary/aromatic N) is 4. The lowest BCUT2D eigenvalue weighted by molar-refractivity contribution is 0.276. The molecule has 1 saturated heterocycles. The first kappa shape index (κ1) is 15.4. The van der Waals surface area contributed by atoms with Crippen LogP contribution in [0, 0.1) is 5.41 Å². The molecule has 0 unspecified atom stereocenters. The van der Waals surface area contributed by atoms with Gasteiger partial charge >= 0.3 is 0 Å². The first-order valence-electron chi connectivity index (χ1n) is 7.60. The van der Waals surface area contributed by atoms with Gasteiger partial charge in [0.2, 0.25) is 0 Å². The molecule has 0 radical (unpaired) electrons. The van der Waals surface area contributed by atoms with E-state index in [1.807, 2.05) is 4.68 Å². The summed E-state index contributed by atoms with van der Waals surface area (Å²) >= 11 is 0. The average molecular weight is 279 g/mol. The molecule has 0 bridgehead atoms. The SMILES string of the molecule is CC1(C)CCN(CCn2cc(CNC(C)(C)C)nn2)C1. The Morgan fingerprint density at radius 2 is 2.05 bits per heavy atom. The highest BCUT2D eigenvalue weighted by atomic mass is 15.4. The summed E-state index contributed by atoms with van der Waals surface area (Å²) in [5, 5.41) is 11.9. The molecule has 5 nitrogen and oxygen atoms in total. The van der Waals surface area contributed by atoms with E-state index in [-0.39, 0.29) is 5.54 Å². The van der Waals surface area contributed by atoms with Crippen molar-refractivity contribution in [1.29, 1.82) is 0 Å². The lowest BCUT2D eigenvalue weighted by Crippen LogP contribution is -2.35. The Balaban J connectivity index is 1.76. The highest BCUT2D eigenvalue weighted by Gasteiger charge is 2.28. The second-order valence-electron chi connectivity index (χ2n) is 7.77. The Morgan fingerprint density at radius 1 is 1.30 bits per heavy atom. The lowest BCUT2D eigenvalue weighted by atomic mass is 9.93. The minimum atomic E-state index is 0.116. The fourth-order valence-corrected chi connectivity index (χ4v) is 2.54. The van der Waals surface area contributed by atoms with E-state index in [0.717, 1.165) is 25.3 Å². The monoisotopic (exact) mass is 279 g/mol. The summed E-state index contributed by atoms with van der Waals surface area (Å²) in [5.74, 6) is 0. The van der Waals surface area contributed by atoms with E-state index in [4.69, 9.17) is 0 Å². The van der Waals surface area contributed by atoms with Gasteiger partial charge in [-0.2, -0.15) is 0 Å². The summed E-state index contributed by atoms with van der Waals surface area (Å²) in [6.45, 7) is 16.3. The maximum absolute atomic E-state index is 4.23. The average Bonchev–Trinajstić information content (AvgIpc) is 2.89. The molecular weight excluding hydrogens is 250 g/mol. The van der Waals surface area contributed by atoms with Gasteiger partial charge in [0.15, 0.2) is 0 Å². The molecule has 0 atom stereocenters. The lowest BCUT2D eigenvalue weighted by Gasteiger charge is -2.19. The third kappa shape index (κ3) is 4.87. The van der Waals surface area contributed by atoms with E-state index in [1.54, 1.807) is 0 Å². The van der Waals surface area contributed by atoms with Gasteiger partial charge in [-0.15, -0.1) is 5.10 Å². The standard InChI is InChI=1S/C15H29N5/c1-14(2,3)16-10-13-11-20(18-17-13)9-8-19-7-6-15(4,5)12-19/h11,16H,6-10,12H2,1-5H3. The molecule has 2 rings (SSSR count). The number of aromatic nitrogens is 3. The Hall–Kier alpha value is -0.940. The molecule has 20 heavy (non-hydrogen) atoms. The molecule has 1 aliphatic rings. The van der Waals surface area contributed by atoms with Crippen molar-refractivity contribution in [2.24, 2.45) is 5.41 Å². The third-order valence-electron chi connectivity index (χ3n) is 3.79. The van der Waals surface area contributed by atoms with Crippen LogP contribution in [0.3, 0.4) is 0 Å². The van der Waals surface area contributed by atoms with E-state index >= 15 is 0 Å². The molecule has 0 saturated carbocycles. The van der Waals surface area contributed by atoms with Crippen molar-refractivity contribution in [1.82, 2.24) is 25.2 Å². The molecule has 0 aromatic carbocycles. The first-order chi connectivity index (χ1) is 9.23. The molecule has 1 aromatic rings. The van der Waals surface area contributed by atoms with Crippen LogP contribution in [0.1, 0.15) is 46.7 Å². The zero-order valence-electron chi connectivity index (χ0n) is 13.6. The molecule has 0 spiro atoms. The molecule has 1 aromatic heterocycles. The largest absolute Gasteiger partial charge is 0.306 e. The van der Waals surface area contributed by atoms with Gasteiger partial charge in [0.05, 0.1) is 12.2 Å². The molecule has 5 heteroatoms. The highest BCUT2D eigenvalue weighted by molar-refractivity contribution is 4.93. The van der Waals surface area contributed by atoms with Crippen LogP contribution in [0.5, 0.6) is 0 Å². The summed E-state index contributed by atoms with van der Waals surface area (Å²) in [4.78, 5) is 2.52. The second-order valence-corrected chi connectivity index (χ2v) is 7.77. The van der Waals surface area contributed by atoms with Gasteiger partial charge in [0.1, 0.15) is 0 Å². The fraction of sp³-hybridized carbons (Fsp3) is 0.867. The van der Waals surface area contributed by atoms with E-state index in [0.29, 0.717) is 5.41 Å². The maximum Gasteiger partial charge on any atom is 0.0965 e. The first-order valence-corrected chi connectivity index (χ1v) is 7.60. The number of likely N-dealkylation sites (tertiary alicyclic amines) is 1. The van der Waals surface area contributed by atoms with Gasteiger partial charge in [-0.05, 0) is 39.2 Å². The van der Waals surface area contributed by atoms with Gasteiger partial charge in [-0.1, -0.05) is 19.1 Å². The van der Waals surface area contributed by atoms with Crippen molar-refractivity contribution < 1.29 is 0 Å². The van der Waals surface area contributed by atoms with Crippen molar-refractivity contribution in [2.45, 2.75) is 59.7 Å². The van der Waals surface area contributed by atoms with E-state index in [1.165, 1.54) is 19.5 Å². The van der Waals surface area contributed by atoms with Crippen LogP contribution in [0.4, 0.5) is 0 Å². The van der Waals surface area contributed by atoms with Crippen LogP contribution in [0.2, 0.25) is 0 Å². The summed E-state index contributed by atoms with van der Waals surface area (Å²) in [6, 6.07) is 0. The van der Waals surface area contributed by atoms with E-state index in [2.05, 4.69) is 61.3 Å². The number of nitrogens with one attached hydrogen (secondary N) is 1. The predicted octanol–water partition coefficient (Wildman–Crippen LogP) is 1.90.